The van der Waals surface area contributed by atoms with Gasteiger partial charge in [0.05, 0.1) is 6.54 Å². The van der Waals surface area contributed by atoms with Crippen molar-refractivity contribution in [3.8, 4) is 0 Å². The Hall–Kier alpha value is -1.20. The van der Waals surface area contributed by atoms with E-state index in [2.05, 4.69) is 40.6 Å². The van der Waals surface area contributed by atoms with Crippen molar-refractivity contribution >= 4 is 17.7 Å². The first kappa shape index (κ1) is 18.1. The van der Waals surface area contributed by atoms with Gasteiger partial charge in [0.2, 0.25) is 0 Å². The van der Waals surface area contributed by atoms with Gasteiger partial charge in [-0.25, -0.2) is 0 Å². The standard InChI is InChI=1S/C18H29N3OS/c1-2-22-14-8-13-20-17(19)21-15-18(11-6-7-12-18)23-16-9-4-3-5-10-16/h3-5,9-10H,2,6-8,11-15H2,1H3,(H3,19,20,21). The minimum atomic E-state index is 0.207. The molecule has 2 rings (SSSR count). The molecule has 4 nitrogen and oxygen atoms in total. The number of aliphatic imine (C=N–C) groups is 1. The number of hydrogen-bond acceptors (Lipinski definition) is 3. The summed E-state index contributed by atoms with van der Waals surface area (Å²) >= 11 is 1.97. The van der Waals surface area contributed by atoms with Gasteiger partial charge in [-0.1, -0.05) is 31.0 Å². The maximum atomic E-state index is 6.01. The van der Waals surface area contributed by atoms with E-state index in [-0.39, 0.29) is 4.75 Å². The summed E-state index contributed by atoms with van der Waals surface area (Å²) in [5.41, 5.74) is 6.01. The summed E-state index contributed by atoms with van der Waals surface area (Å²) in [5, 5.41) is 3.19. The molecule has 128 valence electrons. The van der Waals surface area contributed by atoms with Crippen molar-refractivity contribution in [3.63, 3.8) is 0 Å². The molecule has 5 heteroatoms. The molecule has 3 N–H and O–H groups in total. The molecule has 0 aliphatic heterocycles. The number of ether oxygens (including phenoxy) is 1. The summed E-state index contributed by atoms with van der Waals surface area (Å²) in [6.07, 6.45) is 5.96. The zero-order valence-corrected chi connectivity index (χ0v) is 14.9. The molecule has 0 bridgehead atoms. The summed E-state index contributed by atoms with van der Waals surface area (Å²) in [5.74, 6) is 0.557. The minimum Gasteiger partial charge on any atom is -0.382 e. The van der Waals surface area contributed by atoms with Gasteiger partial charge in [-0.15, -0.1) is 11.8 Å². The molecule has 0 amide bonds. The second-order valence-electron chi connectivity index (χ2n) is 5.98. The van der Waals surface area contributed by atoms with Crippen LogP contribution in [0, 0.1) is 0 Å². The van der Waals surface area contributed by atoms with E-state index < -0.39 is 0 Å². The number of nitrogens with two attached hydrogens (primary N) is 1. The molecule has 0 heterocycles. The number of nitrogens with zero attached hydrogens (tertiary/aromatic N) is 1. The average molecular weight is 336 g/mol. The third-order valence-electron chi connectivity index (χ3n) is 4.11. The molecule has 1 fully saturated rings. The summed E-state index contributed by atoms with van der Waals surface area (Å²) in [6.45, 7) is 5.15. The van der Waals surface area contributed by atoms with Gasteiger partial charge < -0.3 is 15.8 Å². The van der Waals surface area contributed by atoms with Crippen molar-refractivity contribution < 1.29 is 4.74 Å². The maximum Gasteiger partial charge on any atom is 0.188 e. The number of hydrogen-bond donors (Lipinski definition) is 2. The number of thioether (sulfide) groups is 1. The van der Waals surface area contributed by atoms with Crippen LogP contribution in [0.1, 0.15) is 39.0 Å². The van der Waals surface area contributed by atoms with Crippen LogP contribution in [-0.4, -0.2) is 37.0 Å². The predicted octanol–water partition coefficient (Wildman–Crippen LogP) is 3.42. The van der Waals surface area contributed by atoms with Gasteiger partial charge in [0.1, 0.15) is 0 Å². The molecule has 1 aromatic rings. The van der Waals surface area contributed by atoms with Gasteiger partial charge >= 0.3 is 0 Å². The molecule has 1 aliphatic carbocycles. The molecule has 0 spiro atoms. The molecule has 1 aromatic carbocycles. The molecule has 0 radical (unpaired) electrons. The lowest BCUT2D eigenvalue weighted by molar-refractivity contribution is 0.145. The van der Waals surface area contributed by atoms with E-state index in [0.717, 1.165) is 32.7 Å². The summed E-state index contributed by atoms with van der Waals surface area (Å²) < 4.78 is 5.52. The van der Waals surface area contributed by atoms with Gasteiger partial charge in [-0.05, 0) is 38.3 Å². The van der Waals surface area contributed by atoms with E-state index in [4.69, 9.17) is 10.5 Å². The van der Waals surface area contributed by atoms with Gasteiger partial charge in [0.15, 0.2) is 5.96 Å². The largest absolute Gasteiger partial charge is 0.382 e. The third kappa shape index (κ3) is 6.43. The topological polar surface area (TPSA) is 59.6 Å². The highest BCUT2D eigenvalue weighted by molar-refractivity contribution is 8.00. The second kappa shape index (κ2) is 9.83. The van der Waals surface area contributed by atoms with Crippen LogP contribution < -0.4 is 11.1 Å². The van der Waals surface area contributed by atoms with Gasteiger partial charge in [0, 0.05) is 29.4 Å². The highest BCUT2D eigenvalue weighted by Gasteiger charge is 2.34. The summed E-state index contributed by atoms with van der Waals surface area (Å²) in [4.78, 5) is 5.94. The van der Waals surface area contributed by atoms with Crippen LogP contribution in [0.15, 0.2) is 40.2 Å². The Morgan fingerprint density at radius 3 is 2.74 bits per heavy atom. The molecule has 1 aliphatic rings. The van der Waals surface area contributed by atoms with Crippen molar-refractivity contribution in [2.45, 2.75) is 48.7 Å². The van der Waals surface area contributed by atoms with Crippen LogP contribution in [0.3, 0.4) is 0 Å². The second-order valence-corrected chi connectivity index (χ2v) is 7.53. The first-order chi connectivity index (χ1) is 11.2. The van der Waals surface area contributed by atoms with Crippen LogP contribution in [0.25, 0.3) is 0 Å². The first-order valence-electron chi connectivity index (χ1n) is 8.60. The number of guanidine groups is 1. The number of rotatable bonds is 9. The van der Waals surface area contributed by atoms with Crippen molar-refractivity contribution in [3.05, 3.63) is 30.3 Å². The third-order valence-corrected chi connectivity index (χ3v) is 5.58. The highest BCUT2D eigenvalue weighted by atomic mass is 32.2. The molecule has 23 heavy (non-hydrogen) atoms. The van der Waals surface area contributed by atoms with Crippen molar-refractivity contribution in [1.29, 1.82) is 0 Å². The maximum absolute atomic E-state index is 6.01. The Morgan fingerprint density at radius 1 is 1.30 bits per heavy atom. The van der Waals surface area contributed by atoms with E-state index in [9.17, 15) is 0 Å². The fourth-order valence-electron chi connectivity index (χ4n) is 2.87. The lowest BCUT2D eigenvalue weighted by Crippen LogP contribution is -2.35. The van der Waals surface area contributed by atoms with Crippen molar-refractivity contribution in [2.75, 3.05) is 26.3 Å². The highest BCUT2D eigenvalue weighted by Crippen LogP contribution is 2.45. The fraction of sp³-hybridized carbons (Fsp3) is 0.611. The Kier molecular flexibility index (Phi) is 7.76. The molecular weight excluding hydrogens is 306 g/mol. The number of nitrogens with one attached hydrogen (secondary N) is 1. The zero-order valence-electron chi connectivity index (χ0n) is 14.1. The molecule has 0 saturated heterocycles. The normalized spacial score (nSPS) is 17.3. The molecule has 0 aromatic heterocycles. The fourth-order valence-corrected chi connectivity index (χ4v) is 4.29. The van der Waals surface area contributed by atoms with Gasteiger partial charge in [0.25, 0.3) is 0 Å². The summed E-state index contributed by atoms with van der Waals surface area (Å²) in [7, 11) is 0. The van der Waals surface area contributed by atoms with Crippen LogP contribution in [0.4, 0.5) is 0 Å². The smallest absolute Gasteiger partial charge is 0.188 e. The van der Waals surface area contributed by atoms with Crippen LogP contribution >= 0.6 is 11.8 Å². The first-order valence-corrected chi connectivity index (χ1v) is 9.41. The van der Waals surface area contributed by atoms with E-state index >= 15 is 0 Å². The Labute approximate surface area is 144 Å². The lowest BCUT2D eigenvalue weighted by atomic mass is 10.1. The molecule has 0 unspecified atom stereocenters. The Bertz CT molecular complexity index is 472. The minimum absolute atomic E-state index is 0.207. The summed E-state index contributed by atoms with van der Waals surface area (Å²) in [6, 6.07) is 10.6. The van der Waals surface area contributed by atoms with Crippen molar-refractivity contribution in [2.24, 2.45) is 10.7 Å². The van der Waals surface area contributed by atoms with Crippen LogP contribution in [-0.2, 0) is 4.74 Å². The van der Waals surface area contributed by atoms with E-state index in [1.807, 2.05) is 18.7 Å². The van der Waals surface area contributed by atoms with E-state index in [1.54, 1.807) is 0 Å². The molecule has 1 saturated carbocycles. The van der Waals surface area contributed by atoms with Crippen LogP contribution in [0.2, 0.25) is 0 Å². The monoisotopic (exact) mass is 335 g/mol. The Morgan fingerprint density at radius 2 is 2.04 bits per heavy atom. The van der Waals surface area contributed by atoms with E-state index in [0.29, 0.717) is 5.96 Å². The van der Waals surface area contributed by atoms with Crippen LogP contribution in [0.5, 0.6) is 0 Å². The van der Waals surface area contributed by atoms with Gasteiger partial charge in [-0.2, -0.15) is 0 Å². The Balaban J connectivity index is 1.83. The average Bonchev–Trinajstić information content (AvgIpc) is 3.02. The number of benzene rings is 1. The van der Waals surface area contributed by atoms with E-state index in [1.165, 1.54) is 30.6 Å². The molecule has 0 atom stereocenters. The zero-order chi connectivity index (χ0) is 16.4. The van der Waals surface area contributed by atoms with Crippen molar-refractivity contribution in [1.82, 2.24) is 5.32 Å². The molecular formula is C18H29N3OS. The van der Waals surface area contributed by atoms with Gasteiger partial charge in [-0.3, -0.25) is 4.99 Å². The quantitative estimate of drug-likeness (QED) is 0.412. The predicted molar refractivity (Wildman–Crippen MR) is 99.1 cm³/mol. The lowest BCUT2D eigenvalue weighted by Gasteiger charge is -2.26. The SMILES string of the molecule is CCOCCCNC(N)=NCC1(Sc2ccccc2)CCCC1.